The number of rotatable bonds is 5. The highest BCUT2D eigenvalue weighted by Gasteiger charge is 2.15. The van der Waals surface area contributed by atoms with Gasteiger partial charge in [0.2, 0.25) is 5.91 Å². The Morgan fingerprint density at radius 2 is 2.22 bits per heavy atom. The van der Waals surface area contributed by atoms with Gasteiger partial charge in [-0.2, -0.15) is 0 Å². The number of nitrogens with one attached hydrogen (secondary N) is 1. The minimum atomic E-state index is -0.0652. The van der Waals surface area contributed by atoms with Crippen molar-refractivity contribution in [1.82, 2.24) is 5.32 Å². The molecule has 3 N–H and O–H groups in total. The van der Waals surface area contributed by atoms with Crippen LogP contribution in [0.15, 0.2) is 22.7 Å². The molecule has 0 spiro atoms. The fourth-order valence-corrected chi connectivity index (χ4v) is 2.25. The SMILES string of the molecule is CNC(=O)C(C)CN(C)c1cc(Br)ccc1CN. The summed E-state index contributed by atoms with van der Waals surface area (Å²) in [5.41, 5.74) is 7.87. The summed E-state index contributed by atoms with van der Waals surface area (Å²) in [5.74, 6) is -0.0178. The predicted molar refractivity (Wildman–Crippen MR) is 78.5 cm³/mol. The molecule has 0 aliphatic heterocycles. The summed E-state index contributed by atoms with van der Waals surface area (Å²) in [5, 5.41) is 2.66. The molecule has 1 aromatic carbocycles. The van der Waals surface area contributed by atoms with E-state index >= 15 is 0 Å². The quantitative estimate of drug-likeness (QED) is 0.870. The monoisotopic (exact) mass is 313 g/mol. The maximum absolute atomic E-state index is 11.5. The number of hydrogen-bond acceptors (Lipinski definition) is 3. The van der Waals surface area contributed by atoms with Crippen molar-refractivity contribution in [3.8, 4) is 0 Å². The van der Waals surface area contributed by atoms with Crippen molar-refractivity contribution < 1.29 is 4.79 Å². The molecule has 4 nitrogen and oxygen atoms in total. The Morgan fingerprint density at radius 1 is 1.56 bits per heavy atom. The van der Waals surface area contributed by atoms with Crippen LogP contribution >= 0.6 is 15.9 Å². The van der Waals surface area contributed by atoms with E-state index in [1.807, 2.05) is 32.2 Å². The molecule has 0 aliphatic rings. The van der Waals surface area contributed by atoms with Gasteiger partial charge in [-0.1, -0.05) is 28.9 Å². The number of hydrogen-bond donors (Lipinski definition) is 2. The molecule has 0 saturated heterocycles. The van der Waals surface area contributed by atoms with Crippen molar-refractivity contribution in [2.45, 2.75) is 13.5 Å². The molecule has 0 bridgehead atoms. The molecule has 1 atom stereocenters. The standard InChI is InChI=1S/C13H20BrN3O/c1-9(13(18)16-2)8-17(3)12-6-11(14)5-4-10(12)7-15/h4-6,9H,7-8,15H2,1-3H3,(H,16,18). The molecule has 0 fully saturated rings. The van der Waals surface area contributed by atoms with E-state index < -0.39 is 0 Å². The van der Waals surface area contributed by atoms with Gasteiger partial charge in [-0.05, 0) is 17.7 Å². The Kier molecular flexibility index (Phi) is 5.62. The van der Waals surface area contributed by atoms with Crippen LogP contribution < -0.4 is 16.0 Å². The van der Waals surface area contributed by atoms with Crippen LogP contribution in [0.2, 0.25) is 0 Å². The van der Waals surface area contributed by atoms with Crippen LogP contribution in [0.1, 0.15) is 12.5 Å². The molecule has 1 rings (SSSR count). The van der Waals surface area contributed by atoms with Gasteiger partial charge in [-0.3, -0.25) is 4.79 Å². The van der Waals surface area contributed by atoms with Crippen LogP contribution in [0.4, 0.5) is 5.69 Å². The third-order valence-electron chi connectivity index (χ3n) is 2.92. The molecule has 18 heavy (non-hydrogen) atoms. The Balaban J connectivity index is 2.86. The largest absolute Gasteiger partial charge is 0.374 e. The number of carbonyl (C=O) groups excluding carboxylic acids is 1. The summed E-state index contributed by atoms with van der Waals surface area (Å²) in [6, 6.07) is 6.00. The fraction of sp³-hybridized carbons (Fsp3) is 0.462. The molecule has 1 unspecified atom stereocenters. The van der Waals surface area contributed by atoms with Crippen LogP contribution in [0.3, 0.4) is 0 Å². The van der Waals surface area contributed by atoms with Gasteiger partial charge in [0, 0.05) is 37.3 Å². The van der Waals surface area contributed by atoms with Crippen LogP contribution in [0.5, 0.6) is 0 Å². The molecule has 5 heteroatoms. The van der Waals surface area contributed by atoms with Gasteiger partial charge >= 0.3 is 0 Å². The van der Waals surface area contributed by atoms with Gasteiger partial charge in [-0.15, -0.1) is 0 Å². The lowest BCUT2D eigenvalue weighted by Crippen LogP contribution is -2.34. The zero-order valence-corrected chi connectivity index (χ0v) is 12.6. The highest BCUT2D eigenvalue weighted by molar-refractivity contribution is 9.10. The molecule has 100 valence electrons. The lowest BCUT2D eigenvalue weighted by Gasteiger charge is -2.25. The van der Waals surface area contributed by atoms with E-state index in [1.54, 1.807) is 7.05 Å². The smallest absolute Gasteiger partial charge is 0.224 e. The van der Waals surface area contributed by atoms with Crippen molar-refractivity contribution in [1.29, 1.82) is 0 Å². The normalized spacial score (nSPS) is 12.1. The summed E-state index contributed by atoms with van der Waals surface area (Å²) in [7, 11) is 3.63. The number of benzene rings is 1. The molecule has 0 aliphatic carbocycles. The first-order chi connectivity index (χ1) is 8.49. The molecule has 1 amide bonds. The van der Waals surface area contributed by atoms with E-state index in [0.717, 1.165) is 15.7 Å². The molecular weight excluding hydrogens is 294 g/mol. The predicted octanol–water partition coefficient (Wildman–Crippen LogP) is 1.73. The number of halogens is 1. The van der Waals surface area contributed by atoms with Gasteiger partial charge in [0.25, 0.3) is 0 Å². The van der Waals surface area contributed by atoms with E-state index in [-0.39, 0.29) is 11.8 Å². The van der Waals surface area contributed by atoms with Crippen LogP contribution in [0, 0.1) is 5.92 Å². The first-order valence-electron chi connectivity index (χ1n) is 5.90. The maximum atomic E-state index is 11.5. The van der Waals surface area contributed by atoms with E-state index in [1.165, 1.54) is 0 Å². The molecule has 0 radical (unpaired) electrons. The van der Waals surface area contributed by atoms with Crippen LogP contribution in [0.25, 0.3) is 0 Å². The van der Waals surface area contributed by atoms with Crippen molar-refractivity contribution in [3.05, 3.63) is 28.2 Å². The number of carbonyl (C=O) groups is 1. The minimum Gasteiger partial charge on any atom is -0.374 e. The van der Waals surface area contributed by atoms with Crippen molar-refractivity contribution in [2.24, 2.45) is 11.7 Å². The molecule has 0 heterocycles. The molecule has 0 saturated carbocycles. The van der Waals surface area contributed by atoms with E-state index in [2.05, 4.69) is 26.1 Å². The summed E-state index contributed by atoms with van der Waals surface area (Å²) in [6.07, 6.45) is 0. The first-order valence-corrected chi connectivity index (χ1v) is 6.70. The zero-order chi connectivity index (χ0) is 13.7. The minimum absolute atomic E-state index is 0.0474. The summed E-state index contributed by atoms with van der Waals surface area (Å²) < 4.78 is 1.01. The van der Waals surface area contributed by atoms with E-state index in [9.17, 15) is 4.79 Å². The summed E-state index contributed by atoms with van der Waals surface area (Å²) in [6.45, 7) is 3.06. The Morgan fingerprint density at radius 3 is 2.78 bits per heavy atom. The maximum Gasteiger partial charge on any atom is 0.224 e. The van der Waals surface area contributed by atoms with Gasteiger partial charge in [0.05, 0.1) is 5.92 Å². The molecular formula is C13H20BrN3O. The van der Waals surface area contributed by atoms with Crippen molar-refractivity contribution in [3.63, 3.8) is 0 Å². The average molecular weight is 314 g/mol. The number of nitrogens with two attached hydrogens (primary N) is 1. The first kappa shape index (κ1) is 15.0. The van der Waals surface area contributed by atoms with E-state index in [4.69, 9.17) is 5.73 Å². The summed E-state index contributed by atoms with van der Waals surface area (Å²) in [4.78, 5) is 13.6. The second kappa shape index (κ2) is 6.75. The molecule has 0 aromatic heterocycles. The van der Waals surface area contributed by atoms with Crippen LogP contribution in [-0.2, 0) is 11.3 Å². The lowest BCUT2D eigenvalue weighted by molar-refractivity contribution is -0.123. The Labute approximate surface area is 117 Å². The fourth-order valence-electron chi connectivity index (χ4n) is 1.90. The van der Waals surface area contributed by atoms with E-state index in [0.29, 0.717) is 13.1 Å². The number of nitrogens with zero attached hydrogens (tertiary/aromatic N) is 1. The summed E-state index contributed by atoms with van der Waals surface area (Å²) >= 11 is 3.46. The zero-order valence-electron chi connectivity index (χ0n) is 11.0. The van der Waals surface area contributed by atoms with Gasteiger partial charge < -0.3 is 16.0 Å². The average Bonchev–Trinajstić information content (AvgIpc) is 2.37. The molecule has 1 aromatic rings. The van der Waals surface area contributed by atoms with Gasteiger partial charge in [0.15, 0.2) is 0 Å². The second-order valence-corrected chi connectivity index (χ2v) is 5.29. The second-order valence-electron chi connectivity index (χ2n) is 4.37. The third kappa shape index (κ3) is 3.71. The highest BCUT2D eigenvalue weighted by Crippen LogP contribution is 2.24. The third-order valence-corrected chi connectivity index (χ3v) is 3.41. The van der Waals surface area contributed by atoms with Crippen molar-refractivity contribution >= 4 is 27.5 Å². The number of amides is 1. The van der Waals surface area contributed by atoms with Gasteiger partial charge in [-0.25, -0.2) is 0 Å². The number of anilines is 1. The Bertz CT molecular complexity index is 423. The Hall–Kier alpha value is -1.07. The van der Waals surface area contributed by atoms with Crippen molar-refractivity contribution in [2.75, 3.05) is 25.5 Å². The van der Waals surface area contributed by atoms with Gasteiger partial charge in [0.1, 0.15) is 0 Å². The van der Waals surface area contributed by atoms with Crippen LogP contribution in [-0.4, -0.2) is 26.5 Å². The highest BCUT2D eigenvalue weighted by atomic mass is 79.9. The topological polar surface area (TPSA) is 58.4 Å². The lowest BCUT2D eigenvalue weighted by atomic mass is 10.1.